The molecule has 2 amide bonds. The van der Waals surface area contributed by atoms with Crippen LogP contribution in [0.5, 0.6) is 0 Å². The number of urea groups is 1. The van der Waals surface area contributed by atoms with Crippen molar-refractivity contribution in [3.8, 4) is 0 Å². The molecular formula is C15H26N2O4. The van der Waals surface area contributed by atoms with E-state index in [0.29, 0.717) is 0 Å². The summed E-state index contributed by atoms with van der Waals surface area (Å²) in [5.74, 6) is -0.284. The summed E-state index contributed by atoms with van der Waals surface area (Å²) in [5.41, 5.74) is 0. The van der Waals surface area contributed by atoms with Crippen molar-refractivity contribution in [2.75, 3.05) is 13.6 Å². The van der Waals surface area contributed by atoms with E-state index in [1.165, 1.54) is 11.3 Å². The third kappa shape index (κ3) is 3.48. The number of likely N-dealkylation sites (tertiary alicyclic amines) is 1. The summed E-state index contributed by atoms with van der Waals surface area (Å²) >= 11 is 0. The summed E-state index contributed by atoms with van der Waals surface area (Å²) in [6.45, 7) is 2.31. The number of aliphatic hydroxyl groups excluding tert-OH is 1. The first kappa shape index (κ1) is 16.1. The van der Waals surface area contributed by atoms with Gasteiger partial charge in [0.15, 0.2) is 0 Å². The van der Waals surface area contributed by atoms with E-state index in [0.717, 1.165) is 31.6 Å². The van der Waals surface area contributed by atoms with Crippen LogP contribution in [0.1, 0.15) is 45.4 Å². The van der Waals surface area contributed by atoms with Crippen molar-refractivity contribution in [2.45, 2.75) is 63.6 Å². The monoisotopic (exact) mass is 298 g/mol. The number of amides is 2. The molecule has 0 aromatic carbocycles. The molecule has 2 N–H and O–H groups in total. The SMILES string of the molecule is CCC1CCC(N(C)C(=O)N2CC(O)C[C@H]2C(=O)O)CC1. The number of carboxylic acid groups (broad SMARTS) is 1. The van der Waals surface area contributed by atoms with Gasteiger partial charge in [0.25, 0.3) is 0 Å². The Morgan fingerprint density at radius 2 is 1.86 bits per heavy atom. The Hall–Kier alpha value is -1.30. The van der Waals surface area contributed by atoms with Gasteiger partial charge in [-0.2, -0.15) is 0 Å². The number of carbonyl (C=O) groups is 2. The van der Waals surface area contributed by atoms with Gasteiger partial charge in [0.2, 0.25) is 0 Å². The number of nitrogens with zero attached hydrogens (tertiary/aromatic N) is 2. The lowest BCUT2D eigenvalue weighted by Crippen LogP contribution is -2.50. The summed E-state index contributed by atoms with van der Waals surface area (Å²) in [7, 11) is 1.75. The van der Waals surface area contributed by atoms with Crippen LogP contribution in [0.15, 0.2) is 0 Å². The lowest BCUT2D eigenvalue weighted by Gasteiger charge is -2.37. The molecule has 120 valence electrons. The zero-order valence-corrected chi connectivity index (χ0v) is 12.9. The van der Waals surface area contributed by atoms with Crippen LogP contribution in [-0.2, 0) is 4.79 Å². The molecule has 0 radical (unpaired) electrons. The minimum Gasteiger partial charge on any atom is -0.480 e. The van der Waals surface area contributed by atoms with Crippen LogP contribution >= 0.6 is 0 Å². The van der Waals surface area contributed by atoms with Crippen molar-refractivity contribution < 1.29 is 19.8 Å². The zero-order valence-electron chi connectivity index (χ0n) is 12.9. The molecular weight excluding hydrogens is 272 g/mol. The van der Waals surface area contributed by atoms with Gasteiger partial charge >= 0.3 is 12.0 Å². The zero-order chi connectivity index (χ0) is 15.6. The van der Waals surface area contributed by atoms with Gasteiger partial charge in [0, 0.05) is 26.1 Å². The Balaban J connectivity index is 1.97. The molecule has 2 aliphatic rings. The molecule has 21 heavy (non-hydrogen) atoms. The topological polar surface area (TPSA) is 81.1 Å². The van der Waals surface area contributed by atoms with Gasteiger partial charge in [0.1, 0.15) is 6.04 Å². The number of hydrogen-bond acceptors (Lipinski definition) is 3. The van der Waals surface area contributed by atoms with E-state index in [1.54, 1.807) is 11.9 Å². The molecule has 1 saturated carbocycles. The molecule has 0 bridgehead atoms. The maximum atomic E-state index is 12.5. The number of rotatable bonds is 3. The fourth-order valence-electron chi connectivity index (χ4n) is 3.56. The predicted octanol–water partition coefficient (Wildman–Crippen LogP) is 1.53. The first-order valence-electron chi connectivity index (χ1n) is 7.88. The maximum absolute atomic E-state index is 12.5. The Kier molecular flexibility index (Phi) is 5.08. The maximum Gasteiger partial charge on any atom is 0.326 e. The second-order valence-electron chi connectivity index (χ2n) is 6.37. The van der Waals surface area contributed by atoms with E-state index in [-0.39, 0.29) is 25.0 Å². The molecule has 6 nitrogen and oxygen atoms in total. The molecule has 0 aromatic rings. The van der Waals surface area contributed by atoms with Crippen molar-refractivity contribution in [2.24, 2.45) is 5.92 Å². The van der Waals surface area contributed by atoms with Crippen molar-refractivity contribution in [1.82, 2.24) is 9.80 Å². The van der Waals surface area contributed by atoms with Crippen molar-refractivity contribution >= 4 is 12.0 Å². The van der Waals surface area contributed by atoms with Gasteiger partial charge in [-0.05, 0) is 31.6 Å². The van der Waals surface area contributed by atoms with E-state index < -0.39 is 18.1 Å². The number of aliphatic carboxylic acids is 1. The van der Waals surface area contributed by atoms with Crippen molar-refractivity contribution in [3.05, 3.63) is 0 Å². The number of β-amino-alcohol motifs (C(OH)–C–C–N with tert-alkyl or cyclic N) is 1. The number of hydrogen-bond donors (Lipinski definition) is 2. The summed E-state index contributed by atoms with van der Waals surface area (Å²) in [5, 5.41) is 18.8. The molecule has 0 aromatic heterocycles. The Bertz CT molecular complexity index is 393. The lowest BCUT2D eigenvalue weighted by molar-refractivity contribution is -0.141. The normalized spacial score (nSPS) is 33.0. The van der Waals surface area contributed by atoms with Gasteiger partial charge in [0.05, 0.1) is 6.10 Å². The molecule has 1 aliphatic carbocycles. The highest BCUT2D eigenvalue weighted by Crippen LogP contribution is 2.30. The van der Waals surface area contributed by atoms with Crippen LogP contribution in [0.2, 0.25) is 0 Å². The Morgan fingerprint density at radius 1 is 1.24 bits per heavy atom. The Morgan fingerprint density at radius 3 is 2.38 bits per heavy atom. The average Bonchev–Trinajstić information content (AvgIpc) is 2.88. The third-order valence-corrected chi connectivity index (χ3v) is 5.05. The average molecular weight is 298 g/mol. The molecule has 6 heteroatoms. The number of aliphatic hydroxyl groups is 1. The summed E-state index contributed by atoms with van der Waals surface area (Å²) in [6, 6.07) is -0.978. The summed E-state index contributed by atoms with van der Waals surface area (Å²) in [6.07, 6.45) is 4.79. The minimum atomic E-state index is -1.04. The minimum absolute atomic E-state index is 0.116. The van der Waals surface area contributed by atoms with Gasteiger partial charge in [-0.15, -0.1) is 0 Å². The fourth-order valence-corrected chi connectivity index (χ4v) is 3.56. The molecule has 2 atom stereocenters. The van der Waals surface area contributed by atoms with Crippen LogP contribution in [-0.4, -0.2) is 63.8 Å². The fraction of sp³-hybridized carbons (Fsp3) is 0.867. The number of carbonyl (C=O) groups excluding carboxylic acids is 1. The van der Waals surface area contributed by atoms with Crippen molar-refractivity contribution in [1.29, 1.82) is 0 Å². The molecule has 1 saturated heterocycles. The second-order valence-corrected chi connectivity index (χ2v) is 6.37. The van der Waals surface area contributed by atoms with E-state index in [4.69, 9.17) is 0 Å². The molecule has 0 spiro atoms. The van der Waals surface area contributed by atoms with E-state index >= 15 is 0 Å². The van der Waals surface area contributed by atoms with Crippen molar-refractivity contribution in [3.63, 3.8) is 0 Å². The van der Waals surface area contributed by atoms with Gasteiger partial charge in [-0.3, -0.25) is 0 Å². The smallest absolute Gasteiger partial charge is 0.326 e. The van der Waals surface area contributed by atoms with Crippen LogP contribution in [0.4, 0.5) is 4.79 Å². The first-order chi connectivity index (χ1) is 9.93. The highest BCUT2D eigenvalue weighted by molar-refractivity contribution is 5.83. The van der Waals surface area contributed by atoms with Crippen LogP contribution in [0, 0.1) is 5.92 Å². The molecule has 1 heterocycles. The molecule has 2 fully saturated rings. The first-order valence-corrected chi connectivity index (χ1v) is 7.88. The van der Waals surface area contributed by atoms with E-state index in [1.807, 2.05) is 0 Å². The highest BCUT2D eigenvalue weighted by atomic mass is 16.4. The van der Waals surface area contributed by atoms with Crippen LogP contribution in [0.3, 0.4) is 0 Å². The van der Waals surface area contributed by atoms with Crippen LogP contribution < -0.4 is 0 Å². The Labute approximate surface area is 125 Å². The standard InChI is InChI=1S/C15H26N2O4/c1-3-10-4-6-11(7-5-10)16(2)15(21)17-9-12(18)8-13(17)14(19)20/h10-13,18H,3-9H2,1-2H3,(H,19,20)/t10?,11?,12?,13-/m0/s1. The van der Waals surface area contributed by atoms with E-state index in [9.17, 15) is 19.8 Å². The molecule has 1 unspecified atom stereocenters. The quantitative estimate of drug-likeness (QED) is 0.828. The molecule has 2 rings (SSSR count). The van der Waals surface area contributed by atoms with E-state index in [2.05, 4.69) is 6.92 Å². The van der Waals surface area contributed by atoms with Gasteiger partial charge in [-0.1, -0.05) is 13.3 Å². The highest BCUT2D eigenvalue weighted by Gasteiger charge is 2.41. The van der Waals surface area contributed by atoms with Gasteiger partial charge in [-0.25, -0.2) is 9.59 Å². The largest absolute Gasteiger partial charge is 0.480 e. The van der Waals surface area contributed by atoms with Crippen LogP contribution in [0.25, 0.3) is 0 Å². The predicted molar refractivity (Wildman–Crippen MR) is 77.9 cm³/mol. The molecule has 1 aliphatic heterocycles. The van der Waals surface area contributed by atoms with Gasteiger partial charge < -0.3 is 20.0 Å². The third-order valence-electron chi connectivity index (χ3n) is 5.05. The second kappa shape index (κ2) is 6.64. The summed E-state index contributed by atoms with van der Waals surface area (Å²) in [4.78, 5) is 26.7. The summed E-state index contributed by atoms with van der Waals surface area (Å²) < 4.78 is 0. The lowest BCUT2D eigenvalue weighted by atomic mass is 9.84. The number of carboxylic acids is 1.